The minimum Gasteiger partial charge on any atom is -0.460 e. The third-order valence-corrected chi connectivity index (χ3v) is 2.56. The first kappa shape index (κ1) is 18.1. The van der Waals surface area contributed by atoms with Gasteiger partial charge in [0.1, 0.15) is 6.61 Å². The van der Waals surface area contributed by atoms with Gasteiger partial charge in [0.25, 0.3) is 0 Å². The molecule has 0 aromatic heterocycles. The molecule has 0 fully saturated rings. The number of rotatable bonds is 11. The summed E-state index contributed by atoms with van der Waals surface area (Å²) in [6.45, 7) is 10.0. The van der Waals surface area contributed by atoms with E-state index in [-0.39, 0.29) is 25.4 Å². The Kier molecular flexibility index (Phi) is 10.4. The van der Waals surface area contributed by atoms with Crippen LogP contribution in [0.3, 0.4) is 0 Å². The van der Waals surface area contributed by atoms with Crippen molar-refractivity contribution in [3.63, 3.8) is 0 Å². The molecule has 0 aliphatic heterocycles. The Morgan fingerprint density at radius 1 is 1.26 bits per heavy atom. The summed E-state index contributed by atoms with van der Waals surface area (Å²) >= 11 is 0. The first-order valence-electron chi connectivity index (χ1n) is 6.67. The van der Waals surface area contributed by atoms with Crippen LogP contribution in [-0.4, -0.2) is 49.7 Å². The standard InChI is InChI=1S/C14H26O5/c1-5-13(18-7-6-15)10-12(4)17-8-9-19-14(16)11(2)3/h12-13,15H,2,5-10H2,1,3-4H3. The van der Waals surface area contributed by atoms with Gasteiger partial charge in [0.05, 0.1) is 32.0 Å². The molecule has 0 spiro atoms. The van der Waals surface area contributed by atoms with Gasteiger partial charge < -0.3 is 19.3 Å². The summed E-state index contributed by atoms with van der Waals surface area (Å²) in [6.07, 6.45) is 1.73. The van der Waals surface area contributed by atoms with Gasteiger partial charge in [0.15, 0.2) is 0 Å². The lowest BCUT2D eigenvalue weighted by Crippen LogP contribution is -2.23. The molecule has 2 atom stereocenters. The Hall–Kier alpha value is -0.910. The molecule has 0 amide bonds. The quantitative estimate of drug-likeness (QED) is 0.353. The topological polar surface area (TPSA) is 65.0 Å². The van der Waals surface area contributed by atoms with E-state index in [1.165, 1.54) is 0 Å². The predicted molar refractivity (Wildman–Crippen MR) is 72.9 cm³/mol. The van der Waals surface area contributed by atoms with Gasteiger partial charge in [0.2, 0.25) is 0 Å². The number of carbonyl (C=O) groups is 1. The molecule has 0 aliphatic carbocycles. The first-order chi connectivity index (χ1) is 9.01. The summed E-state index contributed by atoms with van der Waals surface area (Å²) in [5.74, 6) is -0.394. The number of aliphatic hydroxyl groups is 1. The van der Waals surface area contributed by atoms with Crippen LogP contribution in [0.5, 0.6) is 0 Å². The first-order valence-corrected chi connectivity index (χ1v) is 6.67. The maximum atomic E-state index is 11.1. The number of esters is 1. The van der Waals surface area contributed by atoms with Crippen LogP contribution >= 0.6 is 0 Å². The monoisotopic (exact) mass is 274 g/mol. The van der Waals surface area contributed by atoms with E-state index in [0.717, 1.165) is 12.8 Å². The third kappa shape index (κ3) is 9.64. The van der Waals surface area contributed by atoms with Crippen molar-refractivity contribution in [3.05, 3.63) is 12.2 Å². The molecule has 0 rings (SSSR count). The summed E-state index contributed by atoms with van der Waals surface area (Å²) in [4.78, 5) is 11.1. The van der Waals surface area contributed by atoms with E-state index < -0.39 is 5.97 Å². The molecule has 1 N–H and O–H groups in total. The van der Waals surface area contributed by atoms with E-state index >= 15 is 0 Å². The molecule has 0 aliphatic rings. The highest BCUT2D eigenvalue weighted by atomic mass is 16.6. The van der Waals surface area contributed by atoms with Gasteiger partial charge in [0, 0.05) is 5.57 Å². The van der Waals surface area contributed by atoms with Crippen LogP contribution in [0.15, 0.2) is 12.2 Å². The predicted octanol–water partition coefficient (Wildman–Crippen LogP) is 1.69. The van der Waals surface area contributed by atoms with Crippen LogP contribution in [0.2, 0.25) is 0 Å². The highest BCUT2D eigenvalue weighted by Gasteiger charge is 2.12. The van der Waals surface area contributed by atoms with Crippen LogP contribution in [-0.2, 0) is 19.0 Å². The molecule has 0 aromatic carbocycles. The van der Waals surface area contributed by atoms with Crippen molar-refractivity contribution in [3.8, 4) is 0 Å². The molecule has 0 bridgehead atoms. The second-order valence-corrected chi connectivity index (χ2v) is 4.46. The van der Waals surface area contributed by atoms with E-state index in [1.54, 1.807) is 6.92 Å². The Balaban J connectivity index is 3.70. The molecule has 0 aromatic rings. The smallest absolute Gasteiger partial charge is 0.333 e. The molecule has 5 nitrogen and oxygen atoms in total. The highest BCUT2D eigenvalue weighted by molar-refractivity contribution is 5.86. The van der Waals surface area contributed by atoms with Gasteiger partial charge in [-0.1, -0.05) is 13.5 Å². The molecule has 0 saturated heterocycles. The van der Waals surface area contributed by atoms with Crippen LogP contribution in [0.1, 0.15) is 33.6 Å². The molecule has 2 unspecified atom stereocenters. The molecule has 19 heavy (non-hydrogen) atoms. The highest BCUT2D eigenvalue weighted by Crippen LogP contribution is 2.09. The zero-order valence-electron chi connectivity index (χ0n) is 12.2. The lowest BCUT2D eigenvalue weighted by Gasteiger charge is -2.20. The van der Waals surface area contributed by atoms with Gasteiger partial charge in [-0.05, 0) is 26.7 Å². The maximum Gasteiger partial charge on any atom is 0.333 e. The van der Waals surface area contributed by atoms with Crippen LogP contribution < -0.4 is 0 Å². The minimum absolute atomic E-state index is 0.0205. The second-order valence-electron chi connectivity index (χ2n) is 4.46. The van der Waals surface area contributed by atoms with Crippen molar-refractivity contribution < 1.29 is 24.1 Å². The van der Waals surface area contributed by atoms with Crippen molar-refractivity contribution in [2.45, 2.75) is 45.8 Å². The summed E-state index contributed by atoms with van der Waals surface area (Å²) in [5, 5.41) is 8.70. The largest absolute Gasteiger partial charge is 0.460 e. The number of ether oxygens (including phenoxy) is 3. The molecule has 0 radical (unpaired) electrons. The van der Waals surface area contributed by atoms with Gasteiger partial charge in [-0.15, -0.1) is 0 Å². The van der Waals surface area contributed by atoms with Crippen molar-refractivity contribution in [1.29, 1.82) is 0 Å². The molecule has 5 heteroatoms. The average molecular weight is 274 g/mol. The van der Waals surface area contributed by atoms with Gasteiger partial charge >= 0.3 is 5.97 Å². The number of hydrogen-bond acceptors (Lipinski definition) is 5. The lowest BCUT2D eigenvalue weighted by atomic mass is 10.1. The Morgan fingerprint density at radius 2 is 1.95 bits per heavy atom. The Morgan fingerprint density at radius 3 is 2.47 bits per heavy atom. The lowest BCUT2D eigenvalue weighted by molar-refractivity contribution is -0.141. The van der Waals surface area contributed by atoms with E-state index in [1.807, 2.05) is 13.8 Å². The molecular weight excluding hydrogens is 248 g/mol. The molecule has 0 heterocycles. The summed E-state index contributed by atoms with van der Waals surface area (Å²) in [7, 11) is 0. The van der Waals surface area contributed by atoms with Gasteiger partial charge in [-0.3, -0.25) is 0 Å². The Bertz CT molecular complexity index is 265. The van der Waals surface area contributed by atoms with Crippen molar-refractivity contribution in [1.82, 2.24) is 0 Å². The van der Waals surface area contributed by atoms with E-state index in [0.29, 0.717) is 18.8 Å². The maximum absolute atomic E-state index is 11.1. The number of hydrogen-bond donors (Lipinski definition) is 1. The fourth-order valence-corrected chi connectivity index (χ4v) is 1.52. The van der Waals surface area contributed by atoms with Crippen LogP contribution in [0.25, 0.3) is 0 Å². The van der Waals surface area contributed by atoms with Gasteiger partial charge in [-0.25, -0.2) is 4.79 Å². The minimum atomic E-state index is -0.394. The fourth-order valence-electron chi connectivity index (χ4n) is 1.52. The zero-order valence-corrected chi connectivity index (χ0v) is 12.2. The second kappa shape index (κ2) is 11.0. The molecule has 112 valence electrons. The van der Waals surface area contributed by atoms with Crippen LogP contribution in [0.4, 0.5) is 0 Å². The summed E-state index contributed by atoms with van der Waals surface area (Å²) < 4.78 is 15.9. The van der Waals surface area contributed by atoms with Gasteiger partial charge in [-0.2, -0.15) is 0 Å². The number of aliphatic hydroxyl groups excluding tert-OH is 1. The average Bonchev–Trinajstić information content (AvgIpc) is 2.38. The van der Waals surface area contributed by atoms with Crippen molar-refractivity contribution >= 4 is 5.97 Å². The van der Waals surface area contributed by atoms with E-state index in [4.69, 9.17) is 19.3 Å². The van der Waals surface area contributed by atoms with Crippen molar-refractivity contribution in [2.75, 3.05) is 26.4 Å². The number of carbonyl (C=O) groups excluding carboxylic acids is 1. The van der Waals surface area contributed by atoms with E-state index in [9.17, 15) is 4.79 Å². The summed E-state index contributed by atoms with van der Waals surface area (Å²) in [6, 6.07) is 0. The zero-order chi connectivity index (χ0) is 14.7. The van der Waals surface area contributed by atoms with Crippen molar-refractivity contribution in [2.24, 2.45) is 0 Å². The summed E-state index contributed by atoms with van der Waals surface area (Å²) in [5.41, 5.74) is 0.386. The third-order valence-electron chi connectivity index (χ3n) is 2.56. The molecular formula is C14H26O5. The van der Waals surface area contributed by atoms with Crippen LogP contribution in [0, 0.1) is 0 Å². The SMILES string of the molecule is C=C(C)C(=O)OCCOC(C)CC(CC)OCCO. The molecule has 0 saturated carbocycles. The fraction of sp³-hybridized carbons (Fsp3) is 0.786. The van der Waals surface area contributed by atoms with E-state index in [2.05, 4.69) is 6.58 Å². The Labute approximate surface area is 115 Å². The normalized spacial score (nSPS) is 13.9.